The fourth-order valence-corrected chi connectivity index (χ4v) is 2.75. The molecule has 0 saturated heterocycles. The zero-order valence-electron chi connectivity index (χ0n) is 12.3. The minimum atomic E-state index is -0.579. The van der Waals surface area contributed by atoms with Gasteiger partial charge in [-0.25, -0.2) is 5.43 Å². The van der Waals surface area contributed by atoms with Gasteiger partial charge in [0.25, 0.3) is 11.5 Å². The van der Waals surface area contributed by atoms with Gasteiger partial charge in [-0.3, -0.25) is 19.1 Å². The van der Waals surface area contributed by atoms with E-state index in [4.69, 9.17) is 23.8 Å². The molecular formula is C15H13ClN4O3S. The maximum absolute atomic E-state index is 12.0. The summed E-state index contributed by atoms with van der Waals surface area (Å²) in [6.07, 6.45) is 2.85. The van der Waals surface area contributed by atoms with E-state index >= 15 is 0 Å². The van der Waals surface area contributed by atoms with Crippen molar-refractivity contribution in [1.82, 2.24) is 15.0 Å². The molecule has 0 unspecified atom stereocenters. The second-order valence-corrected chi connectivity index (χ2v) is 6.07. The molecule has 24 heavy (non-hydrogen) atoms. The van der Waals surface area contributed by atoms with Gasteiger partial charge in [0.1, 0.15) is 5.56 Å². The van der Waals surface area contributed by atoms with Crippen LogP contribution in [0, 0.1) is 4.77 Å². The molecule has 0 radical (unpaired) electrons. The molecular weight excluding hydrogens is 352 g/mol. The molecule has 1 aromatic heterocycles. The van der Waals surface area contributed by atoms with Crippen LogP contribution in [0.1, 0.15) is 34.8 Å². The average Bonchev–Trinajstić information content (AvgIpc) is 3.35. The van der Waals surface area contributed by atoms with Crippen LogP contribution >= 0.6 is 23.8 Å². The number of halogens is 1. The topological polar surface area (TPSA) is 99.5 Å². The number of carbonyl (C=O) groups excluding carboxylic acids is 1. The van der Waals surface area contributed by atoms with Gasteiger partial charge >= 0.3 is 0 Å². The SMILES string of the molecule is O=C(N/N=C/c1c(O)n(C2CC2)c(=S)[nH]c1=O)c1ccccc1Cl. The fraction of sp³-hybridized carbons (Fsp3) is 0.200. The van der Waals surface area contributed by atoms with Crippen molar-refractivity contribution in [3.8, 4) is 5.88 Å². The molecule has 9 heteroatoms. The summed E-state index contributed by atoms with van der Waals surface area (Å²) in [4.78, 5) is 26.4. The van der Waals surface area contributed by atoms with E-state index in [-0.39, 0.29) is 32.8 Å². The minimum absolute atomic E-state index is 0.0741. The number of rotatable bonds is 4. The Morgan fingerprint density at radius 1 is 1.46 bits per heavy atom. The maximum atomic E-state index is 12.0. The van der Waals surface area contributed by atoms with E-state index in [0.29, 0.717) is 0 Å². The molecule has 0 aliphatic heterocycles. The number of nitrogens with one attached hydrogen (secondary N) is 2. The Labute approximate surface area is 146 Å². The largest absolute Gasteiger partial charge is 0.494 e. The highest BCUT2D eigenvalue weighted by atomic mass is 35.5. The van der Waals surface area contributed by atoms with Crippen LogP contribution in [0.4, 0.5) is 0 Å². The molecule has 2 aromatic rings. The van der Waals surface area contributed by atoms with Crippen LogP contribution in [-0.4, -0.2) is 26.8 Å². The van der Waals surface area contributed by atoms with Gasteiger partial charge in [0.2, 0.25) is 5.88 Å². The van der Waals surface area contributed by atoms with Crippen LogP contribution in [0.5, 0.6) is 5.88 Å². The van der Waals surface area contributed by atoms with Gasteiger partial charge in [-0.1, -0.05) is 23.7 Å². The average molecular weight is 365 g/mol. The number of nitrogens with zero attached hydrogens (tertiary/aromatic N) is 2. The first-order chi connectivity index (χ1) is 11.5. The van der Waals surface area contributed by atoms with E-state index in [0.717, 1.165) is 19.1 Å². The molecule has 1 aliphatic carbocycles. The summed E-state index contributed by atoms with van der Waals surface area (Å²) in [5, 5.41) is 14.2. The van der Waals surface area contributed by atoms with Gasteiger partial charge in [-0.2, -0.15) is 5.10 Å². The monoisotopic (exact) mass is 364 g/mol. The Kier molecular flexibility index (Phi) is 4.50. The van der Waals surface area contributed by atoms with Crippen molar-refractivity contribution < 1.29 is 9.90 Å². The zero-order valence-corrected chi connectivity index (χ0v) is 13.9. The Morgan fingerprint density at radius 3 is 2.83 bits per heavy atom. The molecule has 1 aliphatic rings. The number of hydrazone groups is 1. The summed E-state index contributed by atoms with van der Waals surface area (Å²) in [5.41, 5.74) is 1.87. The lowest BCUT2D eigenvalue weighted by Gasteiger charge is -2.09. The molecule has 3 rings (SSSR count). The lowest BCUT2D eigenvalue weighted by Crippen LogP contribution is -2.21. The van der Waals surface area contributed by atoms with Crippen LogP contribution in [0.25, 0.3) is 0 Å². The number of benzene rings is 1. The molecule has 1 aromatic carbocycles. The normalized spacial score (nSPS) is 14.0. The van der Waals surface area contributed by atoms with Crippen molar-refractivity contribution in [2.24, 2.45) is 5.10 Å². The van der Waals surface area contributed by atoms with Gasteiger partial charge in [-0.05, 0) is 37.2 Å². The first-order valence-corrected chi connectivity index (χ1v) is 7.93. The quantitative estimate of drug-likeness (QED) is 0.440. The minimum Gasteiger partial charge on any atom is -0.494 e. The van der Waals surface area contributed by atoms with Gasteiger partial charge in [-0.15, -0.1) is 0 Å². The number of H-pyrrole nitrogens is 1. The fourth-order valence-electron chi connectivity index (χ4n) is 2.20. The number of aromatic amines is 1. The zero-order chi connectivity index (χ0) is 17.3. The molecule has 0 bridgehead atoms. The van der Waals surface area contributed by atoms with E-state index in [9.17, 15) is 14.7 Å². The summed E-state index contributed by atoms with van der Waals surface area (Å²) in [7, 11) is 0. The Balaban J connectivity index is 1.84. The molecule has 1 heterocycles. The highest BCUT2D eigenvalue weighted by molar-refractivity contribution is 7.71. The highest BCUT2D eigenvalue weighted by Gasteiger charge is 2.27. The molecule has 7 nitrogen and oxygen atoms in total. The molecule has 0 atom stereocenters. The lowest BCUT2D eigenvalue weighted by molar-refractivity contribution is 0.0955. The van der Waals surface area contributed by atoms with Gasteiger partial charge < -0.3 is 5.11 Å². The Hall–Kier alpha value is -2.45. The first-order valence-electron chi connectivity index (χ1n) is 7.14. The van der Waals surface area contributed by atoms with E-state index in [1.165, 1.54) is 4.57 Å². The van der Waals surface area contributed by atoms with Gasteiger partial charge in [0, 0.05) is 6.04 Å². The number of hydrogen-bond donors (Lipinski definition) is 3. The lowest BCUT2D eigenvalue weighted by atomic mass is 10.2. The van der Waals surface area contributed by atoms with Crippen molar-refractivity contribution in [2.75, 3.05) is 0 Å². The summed E-state index contributed by atoms with van der Waals surface area (Å²) in [5.74, 6) is -0.787. The number of carbonyl (C=O) groups is 1. The third kappa shape index (κ3) is 3.24. The number of aromatic hydroxyl groups is 1. The molecule has 0 spiro atoms. The van der Waals surface area contributed by atoms with Crippen LogP contribution in [0.15, 0.2) is 34.2 Å². The second kappa shape index (κ2) is 6.58. The predicted molar refractivity (Wildman–Crippen MR) is 92.3 cm³/mol. The standard InChI is InChI=1S/C15H13ClN4O3S/c16-11-4-2-1-3-9(11)13(22)19-17-7-10-12(21)18-15(24)20(14(10)23)8-5-6-8/h1-4,7-8,23H,5-6H2,(H,19,22)(H,18,21,24)/b17-7+. The molecule has 124 valence electrons. The van der Waals surface area contributed by atoms with Crippen LogP contribution in [0.2, 0.25) is 5.02 Å². The van der Waals surface area contributed by atoms with Crippen LogP contribution in [-0.2, 0) is 0 Å². The van der Waals surface area contributed by atoms with E-state index in [1.54, 1.807) is 24.3 Å². The van der Waals surface area contributed by atoms with Crippen molar-refractivity contribution in [3.63, 3.8) is 0 Å². The molecule has 1 saturated carbocycles. The molecule has 1 amide bonds. The summed E-state index contributed by atoms with van der Waals surface area (Å²) in [6, 6.07) is 6.58. The van der Waals surface area contributed by atoms with E-state index in [1.807, 2.05) is 0 Å². The molecule has 3 N–H and O–H groups in total. The van der Waals surface area contributed by atoms with Crippen molar-refractivity contribution in [1.29, 1.82) is 0 Å². The highest BCUT2D eigenvalue weighted by Crippen LogP contribution is 2.37. The van der Waals surface area contributed by atoms with Crippen molar-refractivity contribution in [3.05, 3.63) is 55.5 Å². The first kappa shape index (κ1) is 16.4. The summed E-state index contributed by atoms with van der Waals surface area (Å²) < 4.78 is 1.64. The maximum Gasteiger partial charge on any atom is 0.272 e. The third-order valence-electron chi connectivity index (χ3n) is 3.54. The van der Waals surface area contributed by atoms with Gasteiger partial charge in [0.05, 0.1) is 16.8 Å². The third-order valence-corrected chi connectivity index (χ3v) is 4.17. The van der Waals surface area contributed by atoms with E-state index < -0.39 is 11.5 Å². The van der Waals surface area contributed by atoms with Crippen LogP contribution < -0.4 is 11.0 Å². The van der Waals surface area contributed by atoms with Gasteiger partial charge in [0.15, 0.2) is 4.77 Å². The number of amides is 1. The second-order valence-electron chi connectivity index (χ2n) is 5.28. The molecule has 1 fully saturated rings. The van der Waals surface area contributed by atoms with E-state index in [2.05, 4.69) is 15.5 Å². The van der Waals surface area contributed by atoms with Crippen molar-refractivity contribution in [2.45, 2.75) is 18.9 Å². The smallest absolute Gasteiger partial charge is 0.272 e. The summed E-state index contributed by atoms with van der Waals surface area (Å²) >= 11 is 11.0. The number of hydrogen-bond acceptors (Lipinski definition) is 5. The Bertz CT molecular complexity index is 946. The summed E-state index contributed by atoms with van der Waals surface area (Å²) in [6.45, 7) is 0. The Morgan fingerprint density at radius 2 is 2.17 bits per heavy atom. The number of aromatic nitrogens is 2. The van der Waals surface area contributed by atoms with Crippen molar-refractivity contribution >= 4 is 35.9 Å². The van der Waals surface area contributed by atoms with Crippen LogP contribution in [0.3, 0.4) is 0 Å². The predicted octanol–water partition coefficient (Wildman–Crippen LogP) is 2.36.